The molecule has 21 heavy (non-hydrogen) atoms. The first-order chi connectivity index (χ1) is 10.1. The van der Waals surface area contributed by atoms with Crippen molar-refractivity contribution in [1.82, 2.24) is 15.3 Å². The van der Waals surface area contributed by atoms with E-state index in [1.165, 1.54) is 0 Å². The summed E-state index contributed by atoms with van der Waals surface area (Å²) in [4.78, 5) is 19.1. The number of imidazole rings is 1. The molecule has 0 saturated heterocycles. The van der Waals surface area contributed by atoms with E-state index >= 15 is 0 Å². The van der Waals surface area contributed by atoms with Gasteiger partial charge in [0.1, 0.15) is 11.4 Å². The number of nitrogens with zero attached hydrogens (tertiary/aromatic N) is 1. The van der Waals surface area contributed by atoms with Gasteiger partial charge in [-0.05, 0) is 25.3 Å². The number of nitrogens with one attached hydrogen (secondary N) is 2. The number of aryl methyl sites for hydroxylation is 1. The number of H-pyrrole nitrogens is 1. The first kappa shape index (κ1) is 15.3. The maximum absolute atomic E-state index is 12.0. The first-order valence-corrected chi connectivity index (χ1v) is 7.11. The molecule has 2 rings (SSSR count). The van der Waals surface area contributed by atoms with Crippen LogP contribution in [0.3, 0.4) is 0 Å². The minimum atomic E-state index is -1.36. The van der Waals surface area contributed by atoms with E-state index in [2.05, 4.69) is 15.3 Å². The lowest BCUT2D eigenvalue weighted by molar-refractivity contribution is -0.138. The fourth-order valence-electron chi connectivity index (χ4n) is 2.07. The number of benzene rings is 1. The number of aromatic amines is 1. The van der Waals surface area contributed by atoms with Gasteiger partial charge in [-0.3, -0.25) is 4.79 Å². The quantitative estimate of drug-likeness (QED) is 0.721. The molecule has 0 saturated carbocycles. The second kappa shape index (κ2) is 7.04. The van der Waals surface area contributed by atoms with Crippen molar-refractivity contribution >= 4 is 5.91 Å². The smallest absolute Gasteiger partial charge is 0.251 e. The van der Waals surface area contributed by atoms with Crippen LogP contribution in [0.5, 0.6) is 0 Å². The van der Waals surface area contributed by atoms with Crippen molar-refractivity contribution in [3.63, 3.8) is 0 Å². The zero-order chi connectivity index (χ0) is 15.1. The minimum absolute atomic E-state index is 0.343. The molecule has 1 unspecified atom stereocenters. The van der Waals surface area contributed by atoms with Crippen LogP contribution in [0.2, 0.25) is 0 Å². The number of carbonyl (C=O) groups excluding carboxylic acids is 1. The highest BCUT2D eigenvalue weighted by Crippen LogP contribution is 2.14. The van der Waals surface area contributed by atoms with Crippen molar-refractivity contribution in [1.29, 1.82) is 0 Å². The van der Waals surface area contributed by atoms with Gasteiger partial charge in [-0.15, -0.1) is 0 Å². The van der Waals surface area contributed by atoms with Crippen LogP contribution in [0.1, 0.15) is 24.7 Å². The third-order valence-corrected chi connectivity index (χ3v) is 3.43. The van der Waals surface area contributed by atoms with Crippen LogP contribution in [0.15, 0.2) is 42.7 Å². The second-order valence-electron chi connectivity index (χ2n) is 5.30. The van der Waals surface area contributed by atoms with Crippen LogP contribution in [0, 0.1) is 0 Å². The average molecular weight is 287 g/mol. The van der Waals surface area contributed by atoms with Gasteiger partial charge in [0.2, 0.25) is 0 Å². The molecule has 1 atom stereocenters. The van der Waals surface area contributed by atoms with Crippen LogP contribution in [-0.2, 0) is 17.6 Å². The fourth-order valence-corrected chi connectivity index (χ4v) is 2.07. The highest BCUT2D eigenvalue weighted by molar-refractivity contribution is 5.84. The molecule has 0 radical (unpaired) electrons. The monoisotopic (exact) mass is 287 g/mol. The molecule has 1 aromatic carbocycles. The van der Waals surface area contributed by atoms with Crippen LogP contribution in [-0.4, -0.2) is 33.1 Å². The molecule has 0 aliphatic rings. The van der Waals surface area contributed by atoms with Crippen molar-refractivity contribution in [2.45, 2.75) is 31.8 Å². The number of hydrogen-bond acceptors (Lipinski definition) is 3. The predicted molar refractivity (Wildman–Crippen MR) is 80.7 cm³/mol. The predicted octanol–water partition coefficient (Wildman–Crippen LogP) is 1.45. The molecule has 0 aliphatic carbocycles. The second-order valence-corrected chi connectivity index (χ2v) is 5.30. The number of hydrogen-bond donors (Lipinski definition) is 3. The van der Waals surface area contributed by atoms with E-state index in [1.807, 2.05) is 30.3 Å². The Morgan fingerprint density at radius 2 is 2.10 bits per heavy atom. The number of rotatable bonds is 7. The highest BCUT2D eigenvalue weighted by Gasteiger charge is 2.29. The Bertz CT molecular complexity index is 550. The van der Waals surface area contributed by atoms with E-state index in [0.717, 1.165) is 11.4 Å². The maximum Gasteiger partial charge on any atom is 0.251 e. The summed E-state index contributed by atoms with van der Waals surface area (Å²) in [6.45, 7) is 2.01. The third-order valence-electron chi connectivity index (χ3n) is 3.43. The van der Waals surface area contributed by atoms with Crippen molar-refractivity contribution in [3.8, 4) is 0 Å². The van der Waals surface area contributed by atoms with Crippen LogP contribution < -0.4 is 5.32 Å². The molecule has 5 heteroatoms. The average Bonchev–Trinajstić information content (AvgIpc) is 2.99. The third kappa shape index (κ3) is 4.72. The Morgan fingerprint density at radius 3 is 2.76 bits per heavy atom. The number of aliphatic hydroxyl groups is 1. The maximum atomic E-state index is 12.0. The Morgan fingerprint density at radius 1 is 1.33 bits per heavy atom. The van der Waals surface area contributed by atoms with Gasteiger partial charge in [0.15, 0.2) is 0 Å². The van der Waals surface area contributed by atoms with E-state index < -0.39 is 5.60 Å². The van der Waals surface area contributed by atoms with Crippen LogP contribution >= 0.6 is 0 Å². The van der Waals surface area contributed by atoms with E-state index in [0.29, 0.717) is 25.8 Å². The molecular formula is C16H21N3O2. The Kier molecular flexibility index (Phi) is 5.11. The Hall–Kier alpha value is -2.14. The molecule has 112 valence electrons. The van der Waals surface area contributed by atoms with Crippen molar-refractivity contribution in [3.05, 3.63) is 54.1 Å². The Balaban J connectivity index is 1.76. The largest absolute Gasteiger partial charge is 0.380 e. The summed E-state index contributed by atoms with van der Waals surface area (Å²) < 4.78 is 0. The van der Waals surface area contributed by atoms with Crippen molar-refractivity contribution in [2.24, 2.45) is 0 Å². The summed E-state index contributed by atoms with van der Waals surface area (Å²) in [6.07, 6.45) is 5.09. The Labute approximate surface area is 124 Å². The van der Waals surface area contributed by atoms with Crippen LogP contribution in [0.4, 0.5) is 0 Å². The lowest BCUT2D eigenvalue weighted by Crippen LogP contribution is -2.45. The molecule has 0 fully saturated rings. The van der Waals surface area contributed by atoms with Crippen LogP contribution in [0.25, 0.3) is 0 Å². The molecular weight excluding hydrogens is 266 g/mol. The fraction of sp³-hybridized carbons (Fsp3) is 0.375. The summed E-state index contributed by atoms with van der Waals surface area (Å²) in [6, 6.07) is 9.83. The SMILES string of the molecule is CC(O)(CCc1ccccc1)C(=O)NCCc1ncc[nH]1. The van der Waals surface area contributed by atoms with Gasteiger partial charge < -0.3 is 15.4 Å². The number of carbonyl (C=O) groups is 1. The van der Waals surface area contributed by atoms with Gasteiger partial charge in [0.25, 0.3) is 5.91 Å². The summed E-state index contributed by atoms with van der Waals surface area (Å²) in [5.41, 5.74) is -0.250. The van der Waals surface area contributed by atoms with E-state index in [-0.39, 0.29) is 5.91 Å². The normalized spacial score (nSPS) is 13.6. The van der Waals surface area contributed by atoms with E-state index in [9.17, 15) is 9.90 Å². The molecule has 2 aromatic rings. The van der Waals surface area contributed by atoms with Gasteiger partial charge >= 0.3 is 0 Å². The lowest BCUT2D eigenvalue weighted by atomic mass is 9.96. The summed E-state index contributed by atoms with van der Waals surface area (Å²) in [7, 11) is 0. The first-order valence-electron chi connectivity index (χ1n) is 7.11. The zero-order valence-corrected chi connectivity index (χ0v) is 12.2. The van der Waals surface area contributed by atoms with Gasteiger partial charge in [-0.25, -0.2) is 4.98 Å². The number of aromatic nitrogens is 2. The topological polar surface area (TPSA) is 78.0 Å². The van der Waals surface area contributed by atoms with E-state index in [1.54, 1.807) is 19.3 Å². The zero-order valence-electron chi connectivity index (χ0n) is 12.2. The standard InChI is InChI=1S/C16H21N3O2/c1-16(21,9-7-13-5-3-2-4-6-13)15(20)19-10-8-14-17-11-12-18-14/h2-6,11-12,21H,7-10H2,1H3,(H,17,18)(H,19,20). The van der Waals surface area contributed by atoms with Gasteiger partial charge in [-0.2, -0.15) is 0 Å². The molecule has 1 amide bonds. The molecule has 0 bridgehead atoms. The summed E-state index contributed by atoms with van der Waals surface area (Å²) in [5, 5.41) is 13.0. The molecule has 0 spiro atoms. The van der Waals surface area contributed by atoms with Gasteiger partial charge in [0.05, 0.1) is 0 Å². The van der Waals surface area contributed by atoms with Gasteiger partial charge in [-0.1, -0.05) is 30.3 Å². The van der Waals surface area contributed by atoms with Crippen molar-refractivity contribution < 1.29 is 9.90 Å². The van der Waals surface area contributed by atoms with Gasteiger partial charge in [0, 0.05) is 25.4 Å². The molecule has 1 aromatic heterocycles. The minimum Gasteiger partial charge on any atom is -0.380 e. The number of amides is 1. The van der Waals surface area contributed by atoms with E-state index in [4.69, 9.17) is 0 Å². The summed E-state index contributed by atoms with van der Waals surface area (Å²) >= 11 is 0. The van der Waals surface area contributed by atoms with Crippen molar-refractivity contribution in [2.75, 3.05) is 6.54 Å². The molecule has 0 aliphatic heterocycles. The molecule has 1 heterocycles. The highest BCUT2D eigenvalue weighted by atomic mass is 16.3. The summed E-state index contributed by atoms with van der Waals surface area (Å²) in [5.74, 6) is 0.476. The lowest BCUT2D eigenvalue weighted by Gasteiger charge is -2.22. The molecule has 5 nitrogen and oxygen atoms in total. The molecule has 3 N–H and O–H groups in total.